The highest BCUT2D eigenvalue weighted by Gasteiger charge is 2.14. The summed E-state index contributed by atoms with van der Waals surface area (Å²) >= 11 is 0. The Bertz CT molecular complexity index is 1170. The van der Waals surface area contributed by atoms with Gasteiger partial charge in [0.25, 0.3) is 0 Å². The van der Waals surface area contributed by atoms with Crippen LogP contribution >= 0.6 is 0 Å². The number of aromatic nitrogens is 3. The number of hydrogen-bond acceptors (Lipinski definition) is 5. The van der Waals surface area contributed by atoms with E-state index in [-0.39, 0.29) is 4.90 Å². The van der Waals surface area contributed by atoms with Crippen LogP contribution in [0.3, 0.4) is 0 Å². The molecule has 0 N–H and O–H groups in total. The van der Waals surface area contributed by atoms with Crippen LogP contribution in [0.4, 0.5) is 0 Å². The molecule has 126 valence electrons. The first-order valence-electron chi connectivity index (χ1n) is 7.60. The van der Waals surface area contributed by atoms with Crippen molar-refractivity contribution in [2.75, 3.05) is 6.26 Å². The summed E-state index contributed by atoms with van der Waals surface area (Å²) in [5, 5.41) is 4.20. The van der Waals surface area contributed by atoms with E-state index >= 15 is 0 Å². The second-order valence-corrected chi connectivity index (χ2v) is 7.90. The smallest absolute Gasteiger partial charge is 0.175 e. The fourth-order valence-electron chi connectivity index (χ4n) is 2.73. The van der Waals surface area contributed by atoms with Crippen LogP contribution in [0.5, 0.6) is 0 Å². The summed E-state index contributed by atoms with van der Waals surface area (Å²) in [7, 11) is -1.36. The van der Waals surface area contributed by atoms with Gasteiger partial charge >= 0.3 is 0 Å². The average molecular weight is 353 g/mol. The van der Waals surface area contributed by atoms with Crippen molar-refractivity contribution in [3.05, 3.63) is 55.0 Å². The first kappa shape index (κ1) is 15.6. The van der Waals surface area contributed by atoms with Gasteiger partial charge < -0.3 is 4.42 Å². The first-order valence-corrected chi connectivity index (χ1v) is 9.49. The Morgan fingerprint density at radius 2 is 1.84 bits per heavy atom. The number of fused-ring (bicyclic) bond motifs is 1. The van der Waals surface area contributed by atoms with Crippen molar-refractivity contribution in [1.82, 2.24) is 14.8 Å². The standard InChI is InChI=1S/C18H15N3O3S/c1-21-11-13(10-20-21)15-7-8-19-16-9-17(24-18(15)16)12-3-5-14(6-4-12)25(2,22)23/h3-11H,1-2H3. The molecule has 0 spiro atoms. The highest BCUT2D eigenvalue weighted by atomic mass is 32.2. The molecule has 3 heterocycles. The quantitative estimate of drug-likeness (QED) is 0.565. The van der Waals surface area contributed by atoms with Gasteiger partial charge in [0.2, 0.25) is 0 Å². The van der Waals surface area contributed by atoms with Gasteiger partial charge in [0.15, 0.2) is 15.4 Å². The number of pyridine rings is 1. The molecule has 4 aromatic rings. The van der Waals surface area contributed by atoms with E-state index in [2.05, 4.69) is 10.1 Å². The summed E-state index contributed by atoms with van der Waals surface area (Å²) in [5.74, 6) is 0.638. The van der Waals surface area contributed by atoms with Gasteiger partial charge in [0.1, 0.15) is 11.3 Å². The molecule has 0 fully saturated rings. The number of rotatable bonds is 3. The first-order chi connectivity index (χ1) is 11.9. The van der Waals surface area contributed by atoms with Crippen molar-refractivity contribution in [2.45, 2.75) is 4.90 Å². The van der Waals surface area contributed by atoms with E-state index in [9.17, 15) is 8.42 Å². The molecule has 6 nitrogen and oxygen atoms in total. The molecular formula is C18H15N3O3S. The SMILES string of the molecule is Cn1cc(-c2ccnc3cc(-c4ccc(S(C)(=O)=O)cc4)oc23)cn1. The lowest BCUT2D eigenvalue weighted by Crippen LogP contribution is -1.95. The number of aryl methyl sites for hydroxylation is 1. The lowest BCUT2D eigenvalue weighted by Gasteiger charge is -2.00. The molecule has 0 unspecified atom stereocenters. The number of hydrogen-bond donors (Lipinski definition) is 0. The molecule has 0 aliphatic heterocycles. The molecule has 7 heteroatoms. The molecule has 0 amide bonds. The van der Waals surface area contributed by atoms with Crippen LogP contribution in [0.2, 0.25) is 0 Å². The number of nitrogens with zero attached hydrogens (tertiary/aromatic N) is 3. The number of benzene rings is 1. The van der Waals surface area contributed by atoms with Crippen molar-refractivity contribution in [2.24, 2.45) is 7.05 Å². The van der Waals surface area contributed by atoms with Crippen molar-refractivity contribution < 1.29 is 12.8 Å². The molecule has 1 aromatic carbocycles. The molecule has 0 bridgehead atoms. The summed E-state index contributed by atoms with van der Waals surface area (Å²) in [6, 6.07) is 10.4. The zero-order chi connectivity index (χ0) is 17.6. The third kappa shape index (κ3) is 2.83. The second-order valence-electron chi connectivity index (χ2n) is 5.88. The molecule has 0 aliphatic rings. The molecular weight excluding hydrogens is 338 g/mol. The van der Waals surface area contributed by atoms with Crippen molar-refractivity contribution in [3.63, 3.8) is 0 Å². The zero-order valence-corrected chi connectivity index (χ0v) is 14.5. The van der Waals surface area contributed by atoms with Crippen LogP contribution in [-0.2, 0) is 16.9 Å². The maximum atomic E-state index is 11.6. The van der Waals surface area contributed by atoms with Crippen molar-refractivity contribution >= 4 is 20.9 Å². The van der Waals surface area contributed by atoms with Crippen LogP contribution < -0.4 is 0 Å². The van der Waals surface area contributed by atoms with E-state index in [1.807, 2.05) is 25.4 Å². The summed E-state index contributed by atoms with van der Waals surface area (Å²) in [6.07, 6.45) is 6.61. The van der Waals surface area contributed by atoms with E-state index in [4.69, 9.17) is 4.42 Å². The topological polar surface area (TPSA) is 78.0 Å². The van der Waals surface area contributed by atoms with Gasteiger partial charge in [0, 0.05) is 48.5 Å². The van der Waals surface area contributed by atoms with E-state index in [0.717, 1.165) is 22.2 Å². The molecule has 0 radical (unpaired) electrons. The van der Waals surface area contributed by atoms with E-state index < -0.39 is 9.84 Å². The predicted molar refractivity (Wildman–Crippen MR) is 94.8 cm³/mol. The molecule has 25 heavy (non-hydrogen) atoms. The second kappa shape index (κ2) is 5.56. The Balaban J connectivity index is 1.82. The van der Waals surface area contributed by atoms with Crippen LogP contribution in [0.15, 0.2) is 64.3 Å². The summed E-state index contributed by atoms with van der Waals surface area (Å²) in [5.41, 5.74) is 4.07. The molecule has 4 rings (SSSR count). The zero-order valence-electron chi connectivity index (χ0n) is 13.7. The fourth-order valence-corrected chi connectivity index (χ4v) is 3.36. The van der Waals surface area contributed by atoms with Crippen LogP contribution in [0.25, 0.3) is 33.6 Å². The molecule has 0 aliphatic carbocycles. The van der Waals surface area contributed by atoms with Gasteiger partial charge in [0.05, 0.1) is 11.1 Å². The summed E-state index contributed by atoms with van der Waals surface area (Å²) < 4.78 is 30.9. The van der Waals surface area contributed by atoms with E-state index in [1.165, 1.54) is 6.26 Å². The van der Waals surface area contributed by atoms with Gasteiger partial charge in [-0.1, -0.05) is 0 Å². The van der Waals surface area contributed by atoms with Crippen molar-refractivity contribution in [3.8, 4) is 22.5 Å². The summed E-state index contributed by atoms with van der Waals surface area (Å²) in [6.45, 7) is 0. The Labute approximate surface area is 144 Å². The van der Waals surface area contributed by atoms with Crippen LogP contribution in [0, 0.1) is 0 Å². The lowest BCUT2D eigenvalue weighted by molar-refractivity contribution is 0.601. The van der Waals surface area contributed by atoms with Gasteiger partial charge in [-0.25, -0.2) is 8.42 Å². The maximum Gasteiger partial charge on any atom is 0.175 e. The van der Waals surface area contributed by atoms with Gasteiger partial charge in [-0.15, -0.1) is 0 Å². The molecule has 0 atom stereocenters. The minimum Gasteiger partial charge on any atom is -0.454 e. The van der Waals surface area contributed by atoms with Gasteiger partial charge in [-0.2, -0.15) is 5.10 Å². The molecule has 0 saturated carbocycles. The average Bonchev–Trinajstić information content (AvgIpc) is 3.20. The maximum absolute atomic E-state index is 11.6. The largest absolute Gasteiger partial charge is 0.454 e. The van der Waals surface area contributed by atoms with Crippen LogP contribution in [0.1, 0.15) is 0 Å². The Kier molecular flexibility index (Phi) is 3.47. The minimum absolute atomic E-state index is 0.279. The normalized spacial score (nSPS) is 11.9. The number of sulfone groups is 1. The number of furan rings is 1. The third-order valence-electron chi connectivity index (χ3n) is 3.99. The predicted octanol–water partition coefficient (Wildman–Crippen LogP) is 3.30. The highest BCUT2D eigenvalue weighted by molar-refractivity contribution is 7.90. The third-order valence-corrected chi connectivity index (χ3v) is 5.12. The monoisotopic (exact) mass is 353 g/mol. The Morgan fingerprint density at radius 1 is 1.08 bits per heavy atom. The van der Waals surface area contributed by atoms with Crippen LogP contribution in [-0.4, -0.2) is 29.4 Å². The summed E-state index contributed by atoms with van der Waals surface area (Å²) in [4.78, 5) is 4.64. The Morgan fingerprint density at radius 3 is 2.48 bits per heavy atom. The highest BCUT2D eigenvalue weighted by Crippen LogP contribution is 2.33. The van der Waals surface area contributed by atoms with Crippen molar-refractivity contribution in [1.29, 1.82) is 0 Å². The molecule has 0 saturated heterocycles. The van der Waals surface area contributed by atoms with Gasteiger partial charge in [-0.3, -0.25) is 9.67 Å². The molecule has 3 aromatic heterocycles. The van der Waals surface area contributed by atoms with E-state index in [0.29, 0.717) is 11.3 Å². The van der Waals surface area contributed by atoms with E-state index in [1.54, 1.807) is 41.3 Å². The van der Waals surface area contributed by atoms with Gasteiger partial charge in [-0.05, 0) is 30.3 Å². The lowest BCUT2D eigenvalue weighted by atomic mass is 10.1. The Hall–Kier alpha value is -2.93. The fraction of sp³-hybridized carbons (Fsp3) is 0.111. The minimum atomic E-state index is -3.22.